The van der Waals surface area contributed by atoms with E-state index in [2.05, 4.69) is 43.9 Å². The van der Waals surface area contributed by atoms with E-state index in [9.17, 15) is 0 Å². The Morgan fingerprint density at radius 1 is 1.25 bits per heavy atom. The van der Waals surface area contributed by atoms with Crippen LogP contribution in [0.25, 0.3) is 0 Å². The Bertz CT molecular complexity index is 425. The van der Waals surface area contributed by atoms with Gasteiger partial charge in [0.05, 0.1) is 0 Å². The third-order valence-corrected chi connectivity index (χ3v) is 2.28. The summed E-state index contributed by atoms with van der Waals surface area (Å²) in [6.45, 7) is 10.1. The lowest BCUT2D eigenvalue weighted by Crippen LogP contribution is -1.97. The topological polar surface area (TPSA) is 12.0 Å². The smallest absolute Gasteiger partial charge is 0.0413 e. The van der Waals surface area contributed by atoms with E-state index in [4.69, 9.17) is 0 Å². The lowest BCUT2D eigenvalue weighted by Gasteiger charge is -2.09. The molecule has 0 aliphatic heterocycles. The highest BCUT2D eigenvalue weighted by atomic mass is 14.9. The van der Waals surface area contributed by atoms with Gasteiger partial charge in [-0.05, 0) is 38.5 Å². The average molecular weight is 213 g/mol. The van der Waals surface area contributed by atoms with Crippen molar-refractivity contribution in [3.63, 3.8) is 0 Å². The first-order valence-corrected chi connectivity index (χ1v) is 5.46. The van der Waals surface area contributed by atoms with Crippen molar-refractivity contribution in [3.8, 4) is 0 Å². The second-order valence-electron chi connectivity index (χ2n) is 3.85. The van der Waals surface area contributed by atoms with Crippen molar-refractivity contribution >= 4 is 5.69 Å². The van der Waals surface area contributed by atoms with Crippen LogP contribution in [-0.2, 0) is 0 Å². The lowest BCUT2D eigenvalue weighted by atomic mass is 10.1. The minimum absolute atomic E-state index is 0.894. The summed E-state index contributed by atoms with van der Waals surface area (Å²) in [6.07, 6.45) is 7.90. The molecule has 0 aliphatic carbocycles. The SMILES string of the molecule is C=C(/C=C\C=C/C)Nc1ccc(C)cc1C. The van der Waals surface area contributed by atoms with Crippen LogP contribution in [-0.4, -0.2) is 0 Å². The van der Waals surface area contributed by atoms with Crippen LogP contribution in [0.3, 0.4) is 0 Å². The van der Waals surface area contributed by atoms with Gasteiger partial charge >= 0.3 is 0 Å². The van der Waals surface area contributed by atoms with Gasteiger partial charge in [-0.2, -0.15) is 0 Å². The molecular formula is C15H19N. The Kier molecular flexibility index (Phi) is 4.59. The minimum atomic E-state index is 0.894. The van der Waals surface area contributed by atoms with Crippen molar-refractivity contribution in [2.75, 3.05) is 5.32 Å². The van der Waals surface area contributed by atoms with Crippen molar-refractivity contribution in [1.82, 2.24) is 0 Å². The predicted molar refractivity (Wildman–Crippen MR) is 72.6 cm³/mol. The Hall–Kier alpha value is -1.76. The Morgan fingerprint density at radius 3 is 2.62 bits per heavy atom. The van der Waals surface area contributed by atoms with Crippen molar-refractivity contribution in [2.24, 2.45) is 0 Å². The molecule has 0 heterocycles. The molecule has 1 aromatic carbocycles. The predicted octanol–water partition coefficient (Wildman–Crippen LogP) is 4.36. The number of hydrogen-bond donors (Lipinski definition) is 1. The maximum atomic E-state index is 3.95. The lowest BCUT2D eigenvalue weighted by molar-refractivity contribution is 1.35. The molecule has 0 amide bonds. The second-order valence-corrected chi connectivity index (χ2v) is 3.85. The zero-order valence-electron chi connectivity index (χ0n) is 10.2. The molecule has 16 heavy (non-hydrogen) atoms. The maximum Gasteiger partial charge on any atom is 0.0413 e. The van der Waals surface area contributed by atoms with E-state index in [0.29, 0.717) is 0 Å². The molecule has 84 valence electrons. The van der Waals surface area contributed by atoms with E-state index in [-0.39, 0.29) is 0 Å². The number of nitrogens with one attached hydrogen (secondary N) is 1. The Balaban J connectivity index is 2.70. The van der Waals surface area contributed by atoms with Crippen LogP contribution in [0.4, 0.5) is 5.69 Å². The normalized spacial score (nSPS) is 11.2. The molecule has 0 aromatic heterocycles. The van der Waals surface area contributed by atoms with Crippen molar-refractivity contribution in [3.05, 3.63) is 65.9 Å². The largest absolute Gasteiger partial charge is 0.356 e. The number of aryl methyl sites for hydroxylation is 2. The number of anilines is 1. The standard InChI is InChI=1S/C15H19N/c1-5-6-7-8-14(4)16-15-10-9-12(2)11-13(15)3/h5-11,16H,4H2,1-3H3/b6-5-,8-7-. The van der Waals surface area contributed by atoms with E-state index < -0.39 is 0 Å². The highest BCUT2D eigenvalue weighted by molar-refractivity contribution is 5.56. The fraction of sp³-hybridized carbons (Fsp3) is 0.200. The molecule has 0 bridgehead atoms. The van der Waals surface area contributed by atoms with Gasteiger partial charge in [0.15, 0.2) is 0 Å². The third kappa shape index (κ3) is 3.77. The molecule has 0 saturated carbocycles. The molecule has 1 heteroatoms. The van der Waals surface area contributed by atoms with Gasteiger partial charge in [-0.15, -0.1) is 0 Å². The van der Waals surface area contributed by atoms with E-state index in [1.54, 1.807) is 0 Å². The molecule has 0 aliphatic rings. The molecular weight excluding hydrogens is 194 g/mol. The molecule has 1 N–H and O–H groups in total. The molecule has 0 fully saturated rings. The van der Waals surface area contributed by atoms with E-state index >= 15 is 0 Å². The fourth-order valence-corrected chi connectivity index (χ4v) is 1.45. The summed E-state index contributed by atoms with van der Waals surface area (Å²) in [5.41, 5.74) is 4.52. The van der Waals surface area contributed by atoms with Crippen molar-refractivity contribution in [1.29, 1.82) is 0 Å². The van der Waals surface area contributed by atoms with Crippen molar-refractivity contribution < 1.29 is 0 Å². The van der Waals surface area contributed by atoms with Crippen LogP contribution in [0.5, 0.6) is 0 Å². The van der Waals surface area contributed by atoms with Crippen LogP contribution in [0.15, 0.2) is 54.8 Å². The molecule has 0 atom stereocenters. The zero-order chi connectivity index (χ0) is 12.0. The van der Waals surface area contributed by atoms with E-state index in [0.717, 1.165) is 11.4 Å². The number of rotatable bonds is 4. The third-order valence-electron chi connectivity index (χ3n) is 2.28. The first-order chi connectivity index (χ1) is 7.63. The van der Waals surface area contributed by atoms with Gasteiger partial charge in [-0.1, -0.05) is 42.5 Å². The first kappa shape index (κ1) is 12.3. The van der Waals surface area contributed by atoms with Gasteiger partial charge in [-0.25, -0.2) is 0 Å². The number of hydrogen-bond acceptors (Lipinski definition) is 1. The van der Waals surface area contributed by atoms with Gasteiger partial charge in [-0.3, -0.25) is 0 Å². The maximum absolute atomic E-state index is 3.95. The summed E-state index contributed by atoms with van der Waals surface area (Å²) >= 11 is 0. The molecule has 1 rings (SSSR count). The van der Waals surface area contributed by atoms with Gasteiger partial charge < -0.3 is 5.32 Å². The summed E-state index contributed by atoms with van der Waals surface area (Å²) in [6, 6.07) is 6.34. The van der Waals surface area contributed by atoms with E-state index in [1.807, 2.05) is 31.2 Å². The van der Waals surface area contributed by atoms with Crippen LogP contribution in [0.1, 0.15) is 18.1 Å². The fourth-order valence-electron chi connectivity index (χ4n) is 1.45. The second kappa shape index (κ2) is 5.96. The molecule has 0 spiro atoms. The summed E-state index contributed by atoms with van der Waals surface area (Å²) in [5.74, 6) is 0. The quantitative estimate of drug-likeness (QED) is 0.733. The summed E-state index contributed by atoms with van der Waals surface area (Å²) < 4.78 is 0. The van der Waals surface area contributed by atoms with Gasteiger partial charge in [0.2, 0.25) is 0 Å². The summed E-state index contributed by atoms with van der Waals surface area (Å²) in [5, 5.41) is 3.28. The Morgan fingerprint density at radius 2 is 2.00 bits per heavy atom. The van der Waals surface area contributed by atoms with E-state index in [1.165, 1.54) is 11.1 Å². The van der Waals surface area contributed by atoms with Gasteiger partial charge in [0, 0.05) is 11.4 Å². The van der Waals surface area contributed by atoms with Crippen molar-refractivity contribution in [2.45, 2.75) is 20.8 Å². The molecule has 1 nitrogen and oxygen atoms in total. The van der Waals surface area contributed by atoms with Crippen LogP contribution < -0.4 is 5.32 Å². The van der Waals surface area contributed by atoms with Gasteiger partial charge in [0.1, 0.15) is 0 Å². The number of allylic oxidation sites excluding steroid dienone is 4. The highest BCUT2D eigenvalue weighted by Crippen LogP contribution is 2.17. The summed E-state index contributed by atoms with van der Waals surface area (Å²) in [7, 11) is 0. The first-order valence-electron chi connectivity index (χ1n) is 5.46. The monoisotopic (exact) mass is 213 g/mol. The molecule has 0 saturated heterocycles. The molecule has 1 aromatic rings. The van der Waals surface area contributed by atoms with Crippen LogP contribution in [0.2, 0.25) is 0 Å². The summed E-state index contributed by atoms with van der Waals surface area (Å²) in [4.78, 5) is 0. The van der Waals surface area contributed by atoms with Crippen LogP contribution in [0, 0.1) is 13.8 Å². The number of benzene rings is 1. The molecule has 0 radical (unpaired) electrons. The van der Waals surface area contributed by atoms with Gasteiger partial charge in [0.25, 0.3) is 0 Å². The highest BCUT2D eigenvalue weighted by Gasteiger charge is 1.97. The zero-order valence-corrected chi connectivity index (χ0v) is 10.2. The minimum Gasteiger partial charge on any atom is -0.356 e. The van der Waals surface area contributed by atoms with Crippen LogP contribution >= 0.6 is 0 Å². The average Bonchev–Trinajstić information content (AvgIpc) is 2.23. The Labute approximate surface area is 98.2 Å². The molecule has 0 unspecified atom stereocenters.